The second-order valence-electron chi connectivity index (χ2n) is 4.30. The standard InChI is InChI=1S/C12H15ClFNO/c1-12(2,8-15-11(16)7-13)9-3-5-10(14)6-4-9/h3-6H,7-8H2,1-2H3,(H,15,16). The first kappa shape index (κ1) is 13.0. The van der Waals surface area contributed by atoms with Gasteiger partial charge in [0.15, 0.2) is 0 Å². The number of alkyl halides is 1. The van der Waals surface area contributed by atoms with Gasteiger partial charge in [-0.3, -0.25) is 4.79 Å². The van der Waals surface area contributed by atoms with E-state index in [1.54, 1.807) is 12.1 Å². The van der Waals surface area contributed by atoms with Gasteiger partial charge in [-0.05, 0) is 17.7 Å². The predicted molar refractivity (Wildman–Crippen MR) is 63.2 cm³/mol. The van der Waals surface area contributed by atoms with Crippen molar-refractivity contribution in [2.45, 2.75) is 19.3 Å². The minimum atomic E-state index is -0.260. The number of nitrogens with one attached hydrogen (secondary N) is 1. The zero-order valence-corrected chi connectivity index (χ0v) is 10.1. The third-order valence-corrected chi connectivity index (χ3v) is 2.72. The van der Waals surface area contributed by atoms with Gasteiger partial charge in [-0.25, -0.2) is 4.39 Å². The lowest BCUT2D eigenvalue weighted by molar-refractivity contribution is -0.118. The Morgan fingerprint density at radius 1 is 1.38 bits per heavy atom. The molecule has 0 unspecified atom stereocenters. The Morgan fingerprint density at radius 2 is 1.94 bits per heavy atom. The van der Waals surface area contributed by atoms with E-state index in [0.717, 1.165) is 5.56 Å². The smallest absolute Gasteiger partial charge is 0.234 e. The van der Waals surface area contributed by atoms with Crippen molar-refractivity contribution < 1.29 is 9.18 Å². The molecule has 0 bridgehead atoms. The van der Waals surface area contributed by atoms with E-state index in [-0.39, 0.29) is 23.0 Å². The van der Waals surface area contributed by atoms with E-state index in [0.29, 0.717) is 6.54 Å². The molecule has 0 aliphatic carbocycles. The lowest BCUT2D eigenvalue weighted by Gasteiger charge is -2.25. The molecule has 0 radical (unpaired) electrons. The fraction of sp³-hybridized carbons (Fsp3) is 0.417. The summed E-state index contributed by atoms with van der Waals surface area (Å²) < 4.78 is 12.8. The molecule has 1 amide bonds. The molecular weight excluding hydrogens is 229 g/mol. The van der Waals surface area contributed by atoms with E-state index in [9.17, 15) is 9.18 Å². The molecule has 2 nitrogen and oxygen atoms in total. The molecule has 16 heavy (non-hydrogen) atoms. The van der Waals surface area contributed by atoms with E-state index in [2.05, 4.69) is 5.32 Å². The molecule has 0 atom stereocenters. The number of hydrogen-bond donors (Lipinski definition) is 1. The van der Waals surface area contributed by atoms with Crippen LogP contribution in [0.5, 0.6) is 0 Å². The minimum absolute atomic E-state index is 0.0422. The van der Waals surface area contributed by atoms with Crippen LogP contribution in [-0.4, -0.2) is 18.3 Å². The summed E-state index contributed by atoms with van der Waals surface area (Å²) in [5, 5.41) is 2.72. The Bertz CT molecular complexity index is 362. The highest BCUT2D eigenvalue weighted by atomic mass is 35.5. The number of carbonyl (C=O) groups is 1. The third-order valence-electron chi connectivity index (χ3n) is 2.47. The lowest BCUT2D eigenvalue weighted by atomic mass is 9.84. The normalized spacial score (nSPS) is 11.2. The number of carbonyl (C=O) groups excluding carboxylic acids is 1. The summed E-state index contributed by atoms with van der Waals surface area (Å²) >= 11 is 5.39. The summed E-state index contributed by atoms with van der Waals surface area (Å²) in [7, 11) is 0. The van der Waals surface area contributed by atoms with Gasteiger partial charge >= 0.3 is 0 Å². The van der Waals surface area contributed by atoms with E-state index >= 15 is 0 Å². The van der Waals surface area contributed by atoms with Gasteiger partial charge < -0.3 is 5.32 Å². The molecule has 0 aromatic heterocycles. The Kier molecular flexibility index (Phi) is 4.30. The zero-order valence-electron chi connectivity index (χ0n) is 9.39. The van der Waals surface area contributed by atoms with Crippen molar-refractivity contribution >= 4 is 17.5 Å². The molecule has 0 saturated carbocycles. The minimum Gasteiger partial charge on any atom is -0.354 e. The van der Waals surface area contributed by atoms with Crippen LogP contribution >= 0.6 is 11.6 Å². The van der Waals surface area contributed by atoms with E-state index in [1.165, 1.54) is 12.1 Å². The summed E-state index contributed by atoms with van der Waals surface area (Å²) in [5.41, 5.74) is 0.735. The summed E-state index contributed by atoms with van der Waals surface area (Å²) in [5.74, 6) is -0.499. The first-order valence-electron chi connectivity index (χ1n) is 5.04. The van der Waals surface area contributed by atoms with Crippen LogP contribution < -0.4 is 5.32 Å². The summed E-state index contributed by atoms with van der Waals surface area (Å²) in [6, 6.07) is 6.28. The zero-order chi connectivity index (χ0) is 12.2. The Balaban J connectivity index is 2.69. The topological polar surface area (TPSA) is 29.1 Å². The maximum atomic E-state index is 12.8. The van der Waals surface area contributed by atoms with Gasteiger partial charge in [-0.15, -0.1) is 11.6 Å². The molecule has 1 aromatic carbocycles. The lowest BCUT2D eigenvalue weighted by Crippen LogP contribution is -2.37. The Hall–Kier alpha value is -1.09. The fourth-order valence-electron chi connectivity index (χ4n) is 1.37. The van der Waals surface area contributed by atoms with Gasteiger partial charge in [0.1, 0.15) is 11.7 Å². The van der Waals surface area contributed by atoms with Gasteiger partial charge in [0.2, 0.25) is 5.91 Å². The molecule has 1 N–H and O–H groups in total. The molecule has 1 aromatic rings. The summed E-state index contributed by atoms with van der Waals surface area (Å²) in [6.45, 7) is 4.44. The van der Waals surface area contributed by atoms with Gasteiger partial charge in [0, 0.05) is 12.0 Å². The molecule has 0 aliphatic rings. The predicted octanol–water partition coefficient (Wildman–Crippen LogP) is 2.46. The fourth-order valence-corrected chi connectivity index (χ4v) is 1.46. The quantitative estimate of drug-likeness (QED) is 0.809. The van der Waals surface area contributed by atoms with Gasteiger partial charge in [0.25, 0.3) is 0 Å². The summed E-state index contributed by atoms with van der Waals surface area (Å²) in [4.78, 5) is 11.0. The van der Waals surface area contributed by atoms with Crippen LogP contribution in [0.4, 0.5) is 4.39 Å². The van der Waals surface area contributed by atoms with Crippen molar-refractivity contribution in [2.75, 3.05) is 12.4 Å². The molecular formula is C12H15ClFNO. The maximum absolute atomic E-state index is 12.8. The monoisotopic (exact) mass is 243 g/mol. The molecule has 0 spiro atoms. The first-order chi connectivity index (χ1) is 7.45. The number of halogens is 2. The SMILES string of the molecule is CC(C)(CNC(=O)CCl)c1ccc(F)cc1. The molecule has 0 aliphatic heterocycles. The number of amides is 1. The maximum Gasteiger partial charge on any atom is 0.234 e. The number of rotatable bonds is 4. The summed E-state index contributed by atoms with van der Waals surface area (Å²) in [6.07, 6.45) is 0. The van der Waals surface area contributed by atoms with Gasteiger partial charge in [-0.2, -0.15) is 0 Å². The Labute approximate surface area is 99.8 Å². The van der Waals surface area contributed by atoms with Gasteiger partial charge in [-0.1, -0.05) is 26.0 Å². The van der Waals surface area contributed by atoms with Crippen LogP contribution in [0.25, 0.3) is 0 Å². The van der Waals surface area contributed by atoms with E-state index < -0.39 is 0 Å². The van der Waals surface area contributed by atoms with Crippen LogP contribution in [-0.2, 0) is 10.2 Å². The first-order valence-corrected chi connectivity index (χ1v) is 5.58. The molecule has 4 heteroatoms. The van der Waals surface area contributed by atoms with Crippen molar-refractivity contribution in [3.05, 3.63) is 35.6 Å². The van der Waals surface area contributed by atoms with Crippen LogP contribution in [0.3, 0.4) is 0 Å². The van der Waals surface area contributed by atoms with Crippen molar-refractivity contribution in [2.24, 2.45) is 0 Å². The highest BCUT2D eigenvalue weighted by molar-refractivity contribution is 6.27. The van der Waals surface area contributed by atoms with Crippen molar-refractivity contribution in [1.82, 2.24) is 5.32 Å². The highest BCUT2D eigenvalue weighted by Crippen LogP contribution is 2.22. The molecule has 0 heterocycles. The number of hydrogen-bond acceptors (Lipinski definition) is 1. The second kappa shape index (κ2) is 5.30. The molecule has 0 fully saturated rings. The van der Waals surface area contributed by atoms with Crippen molar-refractivity contribution in [1.29, 1.82) is 0 Å². The average Bonchev–Trinajstić information content (AvgIpc) is 2.26. The number of benzene rings is 1. The van der Waals surface area contributed by atoms with E-state index in [1.807, 2.05) is 13.8 Å². The van der Waals surface area contributed by atoms with Crippen LogP contribution in [0.15, 0.2) is 24.3 Å². The molecule has 0 saturated heterocycles. The van der Waals surface area contributed by atoms with Crippen molar-refractivity contribution in [3.63, 3.8) is 0 Å². The van der Waals surface area contributed by atoms with Gasteiger partial charge in [0.05, 0.1) is 0 Å². The van der Waals surface area contributed by atoms with Crippen LogP contribution in [0.2, 0.25) is 0 Å². The average molecular weight is 244 g/mol. The van der Waals surface area contributed by atoms with Crippen LogP contribution in [0.1, 0.15) is 19.4 Å². The largest absolute Gasteiger partial charge is 0.354 e. The second-order valence-corrected chi connectivity index (χ2v) is 4.57. The molecule has 88 valence electrons. The van der Waals surface area contributed by atoms with E-state index in [4.69, 9.17) is 11.6 Å². The van der Waals surface area contributed by atoms with Crippen LogP contribution in [0, 0.1) is 5.82 Å². The Morgan fingerprint density at radius 3 is 2.44 bits per heavy atom. The third kappa shape index (κ3) is 3.49. The van der Waals surface area contributed by atoms with Crippen molar-refractivity contribution in [3.8, 4) is 0 Å². The highest BCUT2D eigenvalue weighted by Gasteiger charge is 2.21. The molecule has 1 rings (SSSR count).